The smallest absolute Gasteiger partial charge is 0.242 e. The summed E-state index contributed by atoms with van der Waals surface area (Å²) in [6.45, 7) is 7.86. The quantitative estimate of drug-likeness (QED) is 0.684. The second-order valence-corrected chi connectivity index (χ2v) is 6.71. The molecule has 3 atom stereocenters. The average molecular weight is 324 g/mol. The highest BCUT2D eigenvalue weighted by Gasteiger charge is 2.36. The Balaban J connectivity index is 1.58. The number of piperidine rings is 1. The summed E-state index contributed by atoms with van der Waals surface area (Å²) in [5, 5.41) is 6.52. The summed E-state index contributed by atoms with van der Waals surface area (Å²) < 4.78 is 5.58. The van der Waals surface area contributed by atoms with Gasteiger partial charge in [-0.1, -0.05) is 0 Å². The third-order valence-corrected chi connectivity index (χ3v) is 5.09. The summed E-state index contributed by atoms with van der Waals surface area (Å²) >= 11 is 0. The molecule has 3 rings (SSSR count). The first-order valence-electron chi connectivity index (χ1n) is 8.80. The highest BCUT2D eigenvalue weighted by molar-refractivity contribution is 5.84. The van der Waals surface area contributed by atoms with Crippen LogP contribution < -0.4 is 10.6 Å². The predicted octanol–water partition coefficient (Wildman–Crippen LogP) is -0.966. The summed E-state index contributed by atoms with van der Waals surface area (Å²) in [5.74, 6) is 0.241. The topological polar surface area (TPSA) is 73.9 Å². The minimum absolute atomic E-state index is 0.0504. The van der Waals surface area contributed by atoms with E-state index < -0.39 is 0 Å². The molecule has 2 N–H and O–H groups in total. The zero-order valence-electron chi connectivity index (χ0n) is 13.9. The van der Waals surface area contributed by atoms with E-state index in [0.717, 1.165) is 45.6 Å². The van der Waals surface area contributed by atoms with Crippen LogP contribution in [0.4, 0.5) is 0 Å². The van der Waals surface area contributed by atoms with E-state index in [9.17, 15) is 9.59 Å². The fraction of sp³-hybridized carbons (Fsp3) is 0.875. The van der Waals surface area contributed by atoms with Crippen LogP contribution in [0.1, 0.15) is 19.8 Å². The highest BCUT2D eigenvalue weighted by atomic mass is 16.5. The maximum atomic E-state index is 12.8. The number of rotatable bonds is 2. The van der Waals surface area contributed by atoms with Gasteiger partial charge in [0, 0.05) is 45.8 Å². The number of nitrogens with zero attached hydrogens (tertiary/aromatic N) is 2. The Labute approximate surface area is 137 Å². The van der Waals surface area contributed by atoms with Gasteiger partial charge in [-0.25, -0.2) is 0 Å². The van der Waals surface area contributed by atoms with Crippen molar-refractivity contribution in [1.82, 2.24) is 20.4 Å². The molecule has 0 bridgehead atoms. The number of carbonyl (C=O) groups is 2. The molecule has 0 aliphatic carbocycles. The molecular formula is C16H28N4O3. The molecule has 0 spiro atoms. The van der Waals surface area contributed by atoms with E-state index in [0.29, 0.717) is 19.7 Å². The SMILES string of the molecule is C[C@H]1OCCN[C@@H]1C(=O)N1CCCC(C(=O)N2CCNCC2)C1. The molecule has 0 aromatic heterocycles. The minimum atomic E-state index is -0.281. The van der Waals surface area contributed by atoms with Crippen LogP contribution in [0.15, 0.2) is 0 Å². The monoisotopic (exact) mass is 324 g/mol. The Morgan fingerprint density at radius 1 is 1.04 bits per heavy atom. The molecule has 7 heteroatoms. The fourth-order valence-corrected chi connectivity index (χ4v) is 3.73. The van der Waals surface area contributed by atoms with Crippen LogP contribution in [0.3, 0.4) is 0 Å². The van der Waals surface area contributed by atoms with Gasteiger partial charge in [0.05, 0.1) is 18.6 Å². The maximum Gasteiger partial charge on any atom is 0.242 e. The molecule has 3 fully saturated rings. The molecule has 3 saturated heterocycles. The second kappa shape index (κ2) is 7.59. The summed E-state index contributed by atoms with van der Waals surface area (Å²) in [7, 11) is 0. The minimum Gasteiger partial charge on any atom is -0.375 e. The molecular weight excluding hydrogens is 296 g/mol. The standard InChI is InChI=1S/C16H28N4O3/c1-12-14(18-6-10-23-12)16(22)20-7-2-3-13(11-20)15(21)19-8-4-17-5-9-19/h12-14,17-18H,2-11H2,1H3/t12-,13?,14+/m1/s1. The lowest BCUT2D eigenvalue weighted by molar-refractivity contribution is -0.145. The van der Waals surface area contributed by atoms with Crippen molar-refractivity contribution in [3.05, 3.63) is 0 Å². The van der Waals surface area contributed by atoms with E-state index in [1.54, 1.807) is 0 Å². The van der Waals surface area contributed by atoms with Crippen molar-refractivity contribution >= 4 is 11.8 Å². The van der Waals surface area contributed by atoms with E-state index in [1.807, 2.05) is 16.7 Å². The maximum absolute atomic E-state index is 12.8. The lowest BCUT2D eigenvalue weighted by Gasteiger charge is -2.39. The zero-order chi connectivity index (χ0) is 16.2. The van der Waals surface area contributed by atoms with Crippen LogP contribution >= 0.6 is 0 Å². The van der Waals surface area contributed by atoms with E-state index >= 15 is 0 Å². The molecule has 1 unspecified atom stereocenters. The summed E-state index contributed by atoms with van der Waals surface area (Å²) in [4.78, 5) is 29.2. The van der Waals surface area contributed by atoms with E-state index in [2.05, 4.69) is 10.6 Å². The van der Waals surface area contributed by atoms with E-state index in [4.69, 9.17) is 4.74 Å². The fourth-order valence-electron chi connectivity index (χ4n) is 3.73. The van der Waals surface area contributed by atoms with Crippen molar-refractivity contribution in [3.8, 4) is 0 Å². The molecule has 0 saturated carbocycles. The molecule has 3 heterocycles. The molecule has 2 amide bonds. The lowest BCUT2D eigenvalue weighted by Crippen LogP contribution is -2.59. The van der Waals surface area contributed by atoms with Gasteiger partial charge in [-0.05, 0) is 19.8 Å². The predicted molar refractivity (Wildman–Crippen MR) is 86.0 cm³/mol. The van der Waals surface area contributed by atoms with Gasteiger partial charge in [-0.2, -0.15) is 0 Å². The number of nitrogens with one attached hydrogen (secondary N) is 2. The molecule has 0 radical (unpaired) electrons. The first kappa shape index (κ1) is 16.7. The summed E-state index contributed by atoms with van der Waals surface area (Å²) in [5.41, 5.74) is 0. The van der Waals surface area contributed by atoms with Crippen molar-refractivity contribution in [1.29, 1.82) is 0 Å². The average Bonchev–Trinajstić information content (AvgIpc) is 2.62. The first-order chi connectivity index (χ1) is 11.2. The third kappa shape index (κ3) is 3.84. The van der Waals surface area contributed by atoms with Gasteiger partial charge in [0.15, 0.2) is 0 Å². The molecule has 3 aliphatic rings. The van der Waals surface area contributed by atoms with Gasteiger partial charge in [0.1, 0.15) is 6.04 Å². The van der Waals surface area contributed by atoms with Gasteiger partial charge in [-0.3, -0.25) is 9.59 Å². The number of hydrogen-bond donors (Lipinski definition) is 2. The molecule has 3 aliphatic heterocycles. The Kier molecular flexibility index (Phi) is 5.50. The third-order valence-electron chi connectivity index (χ3n) is 5.09. The van der Waals surface area contributed by atoms with Crippen LogP contribution in [0.2, 0.25) is 0 Å². The van der Waals surface area contributed by atoms with Crippen molar-refractivity contribution < 1.29 is 14.3 Å². The summed E-state index contributed by atoms with van der Waals surface area (Å²) in [6, 6.07) is -0.281. The molecule has 0 aromatic rings. The van der Waals surface area contributed by atoms with Crippen molar-refractivity contribution in [2.45, 2.75) is 31.9 Å². The lowest BCUT2D eigenvalue weighted by atomic mass is 9.95. The van der Waals surface area contributed by atoms with Crippen molar-refractivity contribution in [2.24, 2.45) is 5.92 Å². The van der Waals surface area contributed by atoms with E-state index in [-0.39, 0.29) is 29.9 Å². The normalized spacial score (nSPS) is 32.7. The van der Waals surface area contributed by atoms with Gasteiger partial charge >= 0.3 is 0 Å². The largest absolute Gasteiger partial charge is 0.375 e. The summed E-state index contributed by atoms with van der Waals surface area (Å²) in [6.07, 6.45) is 1.67. The number of hydrogen-bond acceptors (Lipinski definition) is 5. The van der Waals surface area contributed by atoms with Gasteiger partial charge < -0.3 is 25.2 Å². The Morgan fingerprint density at radius 3 is 2.57 bits per heavy atom. The molecule has 23 heavy (non-hydrogen) atoms. The number of ether oxygens (including phenoxy) is 1. The Morgan fingerprint density at radius 2 is 1.83 bits per heavy atom. The number of piperazine rings is 1. The van der Waals surface area contributed by atoms with Crippen LogP contribution in [0, 0.1) is 5.92 Å². The zero-order valence-corrected chi connectivity index (χ0v) is 13.9. The van der Waals surface area contributed by atoms with Gasteiger partial charge in [0.25, 0.3) is 0 Å². The van der Waals surface area contributed by atoms with E-state index in [1.165, 1.54) is 0 Å². The Hall–Kier alpha value is -1.18. The number of likely N-dealkylation sites (tertiary alicyclic amines) is 1. The van der Waals surface area contributed by atoms with Crippen molar-refractivity contribution in [2.75, 3.05) is 52.4 Å². The van der Waals surface area contributed by atoms with Gasteiger partial charge in [-0.15, -0.1) is 0 Å². The highest BCUT2D eigenvalue weighted by Crippen LogP contribution is 2.21. The van der Waals surface area contributed by atoms with Crippen molar-refractivity contribution in [3.63, 3.8) is 0 Å². The van der Waals surface area contributed by atoms with Crippen LogP contribution in [-0.4, -0.2) is 86.2 Å². The second-order valence-electron chi connectivity index (χ2n) is 6.71. The molecule has 130 valence electrons. The number of amides is 2. The number of morpholine rings is 1. The van der Waals surface area contributed by atoms with Crippen LogP contribution in [0.5, 0.6) is 0 Å². The Bertz CT molecular complexity index is 439. The van der Waals surface area contributed by atoms with Crippen LogP contribution in [-0.2, 0) is 14.3 Å². The first-order valence-corrected chi connectivity index (χ1v) is 8.80. The van der Waals surface area contributed by atoms with Crippen LogP contribution in [0.25, 0.3) is 0 Å². The number of carbonyl (C=O) groups excluding carboxylic acids is 2. The molecule has 7 nitrogen and oxygen atoms in total. The molecule has 0 aromatic carbocycles. The van der Waals surface area contributed by atoms with Gasteiger partial charge in [0.2, 0.25) is 11.8 Å².